The minimum atomic E-state index is -0.999. The fourth-order valence-corrected chi connectivity index (χ4v) is 5.43. The molecule has 2 aliphatic heterocycles. The molecule has 0 unspecified atom stereocenters. The van der Waals surface area contributed by atoms with E-state index in [1.54, 1.807) is 18.2 Å². The number of fused-ring (bicyclic) bond motifs is 1. The lowest BCUT2D eigenvalue weighted by molar-refractivity contribution is -0.0592. The monoisotopic (exact) mass is 600 g/mol. The van der Waals surface area contributed by atoms with E-state index in [0.717, 1.165) is 29.9 Å². The Hall–Kier alpha value is -3.80. The molecule has 8 nitrogen and oxygen atoms in total. The van der Waals surface area contributed by atoms with Crippen LogP contribution in [0.4, 0.5) is 18.9 Å². The molecule has 4 aromatic rings. The molecular formula is C30H28ClF3N4O4. The van der Waals surface area contributed by atoms with Gasteiger partial charge in [-0.25, -0.2) is 22.9 Å². The van der Waals surface area contributed by atoms with Crippen molar-refractivity contribution in [2.24, 2.45) is 0 Å². The van der Waals surface area contributed by atoms with Crippen LogP contribution in [-0.4, -0.2) is 64.4 Å². The second-order valence-corrected chi connectivity index (χ2v) is 10.9. The number of ether oxygens (including phenoxy) is 2. The third-order valence-corrected chi connectivity index (χ3v) is 7.97. The minimum absolute atomic E-state index is 0.0560. The van der Waals surface area contributed by atoms with Gasteiger partial charge in [-0.2, -0.15) is 0 Å². The maximum absolute atomic E-state index is 14.9. The molecule has 0 radical (unpaired) electrons. The lowest BCUT2D eigenvalue weighted by Crippen LogP contribution is -2.46. The molecule has 6 rings (SSSR count). The van der Waals surface area contributed by atoms with E-state index >= 15 is 0 Å². The number of hydrogen-bond donors (Lipinski definition) is 1. The molecule has 2 aliphatic rings. The maximum Gasteiger partial charge on any atom is 0.335 e. The van der Waals surface area contributed by atoms with E-state index in [-0.39, 0.29) is 40.3 Å². The van der Waals surface area contributed by atoms with Crippen LogP contribution in [0.3, 0.4) is 0 Å². The van der Waals surface area contributed by atoms with Gasteiger partial charge in [0.1, 0.15) is 24.1 Å². The molecule has 12 heteroatoms. The summed E-state index contributed by atoms with van der Waals surface area (Å²) < 4.78 is 56.7. The van der Waals surface area contributed by atoms with Crippen molar-refractivity contribution < 1.29 is 32.5 Å². The first-order chi connectivity index (χ1) is 20.2. The van der Waals surface area contributed by atoms with E-state index in [1.807, 2.05) is 9.47 Å². The molecule has 42 heavy (non-hydrogen) atoms. The van der Waals surface area contributed by atoms with Gasteiger partial charge in [0.25, 0.3) is 0 Å². The predicted molar refractivity (Wildman–Crippen MR) is 151 cm³/mol. The summed E-state index contributed by atoms with van der Waals surface area (Å²) in [5, 5.41) is 9.71. The highest BCUT2D eigenvalue weighted by atomic mass is 35.5. The van der Waals surface area contributed by atoms with Crippen LogP contribution in [0.1, 0.15) is 28.2 Å². The fraction of sp³-hybridized carbons (Fsp3) is 0.333. The normalized spacial score (nSPS) is 17.4. The average Bonchev–Trinajstić information content (AvgIpc) is 3.27. The summed E-state index contributed by atoms with van der Waals surface area (Å²) in [5.41, 5.74) is 2.07. The number of piperazine rings is 1. The molecule has 0 saturated carbocycles. The van der Waals surface area contributed by atoms with E-state index in [2.05, 4.69) is 4.90 Å². The molecule has 1 N–H and O–H groups in total. The Morgan fingerprint density at radius 2 is 1.81 bits per heavy atom. The Kier molecular flexibility index (Phi) is 7.98. The second kappa shape index (κ2) is 11.8. The first-order valence-corrected chi connectivity index (χ1v) is 14.0. The van der Waals surface area contributed by atoms with Gasteiger partial charge >= 0.3 is 5.97 Å². The van der Waals surface area contributed by atoms with Crippen molar-refractivity contribution in [2.45, 2.75) is 32.2 Å². The van der Waals surface area contributed by atoms with Crippen LogP contribution in [-0.2, 0) is 24.4 Å². The van der Waals surface area contributed by atoms with E-state index in [4.69, 9.17) is 26.1 Å². The zero-order valence-electron chi connectivity index (χ0n) is 22.5. The number of carboxylic acids is 1. The number of aromatic carboxylic acids is 1. The van der Waals surface area contributed by atoms with Crippen molar-refractivity contribution in [3.8, 4) is 5.75 Å². The zero-order chi connectivity index (χ0) is 29.4. The first kappa shape index (κ1) is 28.3. The summed E-state index contributed by atoms with van der Waals surface area (Å²) in [6.07, 6.45) is 0.987. The van der Waals surface area contributed by atoms with Gasteiger partial charge in [0.05, 0.1) is 41.5 Å². The van der Waals surface area contributed by atoms with E-state index < -0.39 is 23.4 Å². The van der Waals surface area contributed by atoms with Crippen molar-refractivity contribution in [2.75, 3.05) is 37.7 Å². The number of aromatic nitrogens is 2. The number of rotatable bonds is 9. The lowest BCUT2D eigenvalue weighted by atomic mass is 10.1. The highest BCUT2D eigenvalue weighted by molar-refractivity contribution is 6.30. The second-order valence-electron chi connectivity index (χ2n) is 10.5. The van der Waals surface area contributed by atoms with Gasteiger partial charge in [-0.3, -0.25) is 4.90 Å². The number of imidazole rings is 1. The smallest absolute Gasteiger partial charge is 0.335 e. The van der Waals surface area contributed by atoms with Gasteiger partial charge in [-0.15, -0.1) is 0 Å². The minimum Gasteiger partial charge on any atom is -0.486 e. The topological polar surface area (TPSA) is 80.1 Å². The van der Waals surface area contributed by atoms with Gasteiger partial charge in [0.2, 0.25) is 0 Å². The Morgan fingerprint density at radius 3 is 2.50 bits per heavy atom. The molecule has 0 amide bonds. The summed E-state index contributed by atoms with van der Waals surface area (Å²) in [6.45, 7) is 3.70. The SMILES string of the molecule is O=C(O)c1ccc2nc(CN3CCN(c4cc(OCc5ccc(Cl)cc5F)c(F)cc4F)CC3)n(C[C@@H]3CCO3)c2c1. The van der Waals surface area contributed by atoms with Crippen LogP contribution in [0.15, 0.2) is 48.5 Å². The molecule has 2 saturated heterocycles. The molecule has 1 aromatic heterocycles. The van der Waals surface area contributed by atoms with Crippen LogP contribution in [0.2, 0.25) is 5.02 Å². The fourth-order valence-electron chi connectivity index (χ4n) is 5.27. The van der Waals surface area contributed by atoms with Crippen LogP contribution < -0.4 is 9.64 Å². The molecule has 2 fully saturated rings. The Balaban J connectivity index is 1.15. The van der Waals surface area contributed by atoms with E-state index in [9.17, 15) is 23.1 Å². The van der Waals surface area contributed by atoms with Crippen LogP contribution >= 0.6 is 11.6 Å². The van der Waals surface area contributed by atoms with Gasteiger partial charge in [-0.1, -0.05) is 17.7 Å². The summed E-state index contributed by atoms with van der Waals surface area (Å²) in [4.78, 5) is 20.4. The van der Waals surface area contributed by atoms with Gasteiger partial charge in [0.15, 0.2) is 11.6 Å². The molecule has 220 valence electrons. The first-order valence-electron chi connectivity index (χ1n) is 13.6. The van der Waals surface area contributed by atoms with Gasteiger partial charge < -0.3 is 24.0 Å². The molecule has 3 aromatic carbocycles. The van der Waals surface area contributed by atoms with Crippen molar-refractivity contribution in [1.82, 2.24) is 14.5 Å². The van der Waals surface area contributed by atoms with Crippen LogP contribution in [0.25, 0.3) is 11.0 Å². The quantitative estimate of drug-likeness (QED) is 0.272. The third-order valence-electron chi connectivity index (χ3n) is 7.73. The van der Waals surface area contributed by atoms with Gasteiger partial charge in [-0.05, 0) is 36.8 Å². The molecule has 0 spiro atoms. The highest BCUT2D eigenvalue weighted by Crippen LogP contribution is 2.30. The van der Waals surface area contributed by atoms with E-state index in [0.29, 0.717) is 51.4 Å². The maximum atomic E-state index is 14.9. The lowest BCUT2D eigenvalue weighted by Gasteiger charge is -2.36. The van der Waals surface area contributed by atoms with Crippen molar-refractivity contribution in [3.63, 3.8) is 0 Å². The third kappa shape index (κ3) is 5.90. The number of benzene rings is 3. The summed E-state index contributed by atoms with van der Waals surface area (Å²) in [5.74, 6) is -2.52. The van der Waals surface area contributed by atoms with Crippen molar-refractivity contribution in [1.29, 1.82) is 0 Å². The number of hydrogen-bond acceptors (Lipinski definition) is 6. The largest absolute Gasteiger partial charge is 0.486 e. The Bertz CT molecular complexity index is 1640. The number of halogens is 4. The standard InChI is InChI=1S/C30H28ClF3N4O4/c31-20-3-1-19(22(32)12-20)17-42-28-14-26(23(33)13-24(28)34)37-8-6-36(7-9-37)16-29-35-25-4-2-18(30(39)40)11-27(25)38(29)15-21-5-10-41-21/h1-4,11-14,21H,5-10,15-17H2,(H,39,40)/t21-/m0/s1. The number of anilines is 1. The number of nitrogens with zero attached hydrogens (tertiary/aromatic N) is 4. The summed E-state index contributed by atoms with van der Waals surface area (Å²) in [6, 6.07) is 11.1. The van der Waals surface area contributed by atoms with Gasteiger partial charge in [0, 0.05) is 55.5 Å². The van der Waals surface area contributed by atoms with Crippen molar-refractivity contribution >= 4 is 34.3 Å². The number of carboxylic acid groups (broad SMARTS) is 1. The Labute approximate surface area is 244 Å². The number of carbonyl (C=O) groups is 1. The van der Waals surface area contributed by atoms with Crippen LogP contribution in [0.5, 0.6) is 5.75 Å². The van der Waals surface area contributed by atoms with Crippen molar-refractivity contribution in [3.05, 3.63) is 88.0 Å². The summed E-state index contributed by atoms with van der Waals surface area (Å²) >= 11 is 5.79. The van der Waals surface area contributed by atoms with Crippen LogP contribution in [0, 0.1) is 17.5 Å². The molecular weight excluding hydrogens is 573 g/mol. The zero-order valence-corrected chi connectivity index (χ0v) is 23.3. The molecule has 0 aliphatic carbocycles. The average molecular weight is 601 g/mol. The summed E-state index contributed by atoms with van der Waals surface area (Å²) in [7, 11) is 0. The molecule has 0 bridgehead atoms. The van der Waals surface area contributed by atoms with E-state index in [1.165, 1.54) is 18.2 Å². The highest BCUT2D eigenvalue weighted by Gasteiger charge is 2.26. The molecule has 1 atom stereocenters. The Morgan fingerprint density at radius 1 is 1.02 bits per heavy atom. The predicted octanol–water partition coefficient (Wildman–Crippen LogP) is 5.50. The molecule has 3 heterocycles.